The quantitative estimate of drug-likeness (QED) is 0.580. The molecule has 0 bridgehead atoms. The summed E-state index contributed by atoms with van der Waals surface area (Å²) >= 11 is 0. The lowest BCUT2D eigenvalue weighted by atomic mass is 10.4. The summed E-state index contributed by atoms with van der Waals surface area (Å²) in [4.78, 5) is 30.4. The highest BCUT2D eigenvalue weighted by Gasteiger charge is 2.01. The lowest BCUT2D eigenvalue weighted by molar-refractivity contribution is 0.769. The van der Waals surface area contributed by atoms with Crippen molar-refractivity contribution >= 4 is 5.95 Å². The first-order valence-corrected chi connectivity index (χ1v) is 4.24. The molecule has 0 amide bonds. The van der Waals surface area contributed by atoms with Gasteiger partial charge in [0.15, 0.2) is 5.95 Å². The summed E-state index contributed by atoms with van der Waals surface area (Å²) in [7, 11) is 0. The van der Waals surface area contributed by atoms with Crippen LogP contribution in [0.2, 0.25) is 0 Å². The van der Waals surface area contributed by atoms with Gasteiger partial charge in [-0.05, 0) is 0 Å². The van der Waals surface area contributed by atoms with Crippen molar-refractivity contribution in [2.45, 2.75) is 6.54 Å². The zero-order chi connectivity index (χ0) is 10.8. The number of nitrogens with two attached hydrogens (primary N) is 1. The third kappa shape index (κ3) is 1.96. The van der Waals surface area contributed by atoms with Gasteiger partial charge in [-0.15, -0.1) is 0 Å². The molecule has 0 saturated heterocycles. The van der Waals surface area contributed by atoms with Crippen molar-refractivity contribution in [3.8, 4) is 0 Å². The number of nitrogens with zero attached hydrogens (tertiary/aromatic N) is 2. The van der Waals surface area contributed by atoms with E-state index >= 15 is 0 Å². The average molecular weight is 207 g/mol. The summed E-state index contributed by atoms with van der Waals surface area (Å²) in [6.45, 7) is 0.311. The first kappa shape index (κ1) is 9.25. The van der Waals surface area contributed by atoms with E-state index in [0.29, 0.717) is 18.2 Å². The van der Waals surface area contributed by atoms with E-state index in [1.165, 1.54) is 6.07 Å². The van der Waals surface area contributed by atoms with Crippen molar-refractivity contribution in [1.82, 2.24) is 19.5 Å². The molecule has 4 N–H and O–H groups in total. The molecule has 0 fully saturated rings. The fourth-order valence-corrected chi connectivity index (χ4v) is 1.26. The van der Waals surface area contributed by atoms with Gasteiger partial charge in [-0.1, -0.05) is 0 Å². The lowest BCUT2D eigenvalue weighted by Gasteiger charge is -2.03. The number of rotatable bonds is 2. The third-order valence-corrected chi connectivity index (χ3v) is 1.90. The van der Waals surface area contributed by atoms with Gasteiger partial charge in [-0.25, -0.2) is 9.78 Å². The Hall–Kier alpha value is -2.31. The number of H-pyrrole nitrogens is 2. The molecule has 0 aromatic carbocycles. The summed E-state index contributed by atoms with van der Waals surface area (Å²) in [5.41, 5.74) is 5.05. The van der Waals surface area contributed by atoms with Crippen LogP contribution in [0.5, 0.6) is 0 Å². The fraction of sp³-hybridized carbons (Fsp3) is 0.125. The van der Waals surface area contributed by atoms with Crippen molar-refractivity contribution in [3.05, 3.63) is 45.0 Å². The van der Waals surface area contributed by atoms with Crippen molar-refractivity contribution < 1.29 is 0 Å². The maximum Gasteiger partial charge on any atom is 0.325 e. The van der Waals surface area contributed by atoms with Gasteiger partial charge in [0.25, 0.3) is 5.56 Å². The van der Waals surface area contributed by atoms with E-state index in [0.717, 1.165) is 0 Å². The topological polar surface area (TPSA) is 110 Å². The van der Waals surface area contributed by atoms with E-state index in [9.17, 15) is 9.59 Å². The molecule has 0 unspecified atom stereocenters. The molecule has 2 aromatic rings. The highest BCUT2D eigenvalue weighted by atomic mass is 16.2. The number of hydrogen-bond acceptors (Lipinski definition) is 4. The molecule has 0 saturated carbocycles. The molecule has 0 atom stereocenters. The standard InChI is InChI=1S/C8H9N5O2/c9-7-10-1-2-13(7)4-5-3-6(14)12-8(15)11-5/h1-3H,4H2,(H2,9,10)(H2,11,12,14,15). The molecule has 2 heterocycles. The predicted octanol–water partition coefficient (Wildman–Crippen LogP) is -1.11. The molecule has 2 rings (SSSR count). The Morgan fingerprint density at radius 1 is 1.40 bits per heavy atom. The van der Waals surface area contributed by atoms with Crippen LogP contribution < -0.4 is 17.0 Å². The molecule has 0 radical (unpaired) electrons. The maximum atomic E-state index is 11.0. The Morgan fingerprint density at radius 2 is 2.20 bits per heavy atom. The van der Waals surface area contributed by atoms with E-state index in [4.69, 9.17) is 5.73 Å². The predicted molar refractivity (Wildman–Crippen MR) is 53.4 cm³/mol. The average Bonchev–Trinajstić information content (AvgIpc) is 2.50. The number of imidazole rings is 1. The van der Waals surface area contributed by atoms with Gasteiger partial charge >= 0.3 is 5.69 Å². The van der Waals surface area contributed by atoms with E-state index < -0.39 is 11.2 Å². The number of hydrogen-bond donors (Lipinski definition) is 3. The normalized spacial score (nSPS) is 10.4. The summed E-state index contributed by atoms with van der Waals surface area (Å²) in [6.07, 6.45) is 3.20. The van der Waals surface area contributed by atoms with Gasteiger partial charge in [0, 0.05) is 24.2 Å². The highest BCUT2D eigenvalue weighted by molar-refractivity contribution is 5.18. The first-order valence-electron chi connectivity index (χ1n) is 4.24. The zero-order valence-corrected chi connectivity index (χ0v) is 7.73. The molecule has 15 heavy (non-hydrogen) atoms. The zero-order valence-electron chi connectivity index (χ0n) is 7.73. The molecule has 2 aromatic heterocycles. The molecular formula is C8H9N5O2. The maximum absolute atomic E-state index is 11.0. The van der Waals surface area contributed by atoms with Crippen LogP contribution in [-0.4, -0.2) is 19.5 Å². The van der Waals surface area contributed by atoms with Crippen LogP contribution in [0.25, 0.3) is 0 Å². The second kappa shape index (κ2) is 3.45. The van der Waals surface area contributed by atoms with Gasteiger partial charge < -0.3 is 15.3 Å². The van der Waals surface area contributed by atoms with Gasteiger partial charge in [0.1, 0.15) is 0 Å². The van der Waals surface area contributed by atoms with Crippen LogP contribution in [0.4, 0.5) is 5.95 Å². The number of aromatic nitrogens is 4. The number of aromatic amines is 2. The minimum atomic E-state index is -0.531. The number of nitrogens with one attached hydrogen (secondary N) is 2. The highest BCUT2D eigenvalue weighted by Crippen LogP contribution is 2.01. The second-order valence-electron chi connectivity index (χ2n) is 3.03. The fourth-order valence-electron chi connectivity index (χ4n) is 1.26. The lowest BCUT2D eigenvalue weighted by Crippen LogP contribution is -2.24. The van der Waals surface area contributed by atoms with Crippen LogP contribution >= 0.6 is 0 Å². The van der Waals surface area contributed by atoms with E-state index in [-0.39, 0.29) is 0 Å². The minimum absolute atomic E-state index is 0.311. The third-order valence-electron chi connectivity index (χ3n) is 1.90. The van der Waals surface area contributed by atoms with E-state index in [1.54, 1.807) is 17.0 Å². The van der Waals surface area contributed by atoms with Crippen molar-refractivity contribution in [3.63, 3.8) is 0 Å². The minimum Gasteiger partial charge on any atom is -0.369 e. The summed E-state index contributed by atoms with van der Waals surface area (Å²) in [6, 6.07) is 1.31. The Bertz CT molecular complexity index is 551. The molecule has 0 spiro atoms. The van der Waals surface area contributed by atoms with Gasteiger partial charge in [0.05, 0.1) is 6.54 Å². The first-order chi connectivity index (χ1) is 7.15. The Kier molecular flexibility index (Phi) is 2.13. The number of anilines is 1. The van der Waals surface area contributed by atoms with Crippen molar-refractivity contribution in [2.24, 2.45) is 0 Å². The Balaban J connectivity index is 2.36. The molecule has 78 valence electrons. The van der Waals surface area contributed by atoms with Gasteiger partial charge in [-0.3, -0.25) is 9.78 Å². The largest absolute Gasteiger partial charge is 0.369 e. The van der Waals surface area contributed by atoms with Crippen LogP contribution in [0.1, 0.15) is 5.69 Å². The molecule has 7 nitrogen and oxygen atoms in total. The summed E-state index contributed by atoms with van der Waals surface area (Å²) in [5, 5.41) is 0. The summed E-state index contributed by atoms with van der Waals surface area (Å²) in [5.74, 6) is 0.330. The molecular weight excluding hydrogens is 198 g/mol. The molecule has 0 aliphatic carbocycles. The molecule has 7 heteroatoms. The SMILES string of the molecule is Nc1nccn1Cc1cc(=O)[nH]c(=O)[nH]1. The Morgan fingerprint density at radius 3 is 2.80 bits per heavy atom. The Labute approximate surface area is 83.6 Å². The van der Waals surface area contributed by atoms with Crippen LogP contribution in [0, 0.1) is 0 Å². The van der Waals surface area contributed by atoms with E-state index in [1.807, 2.05) is 0 Å². The van der Waals surface area contributed by atoms with Gasteiger partial charge in [-0.2, -0.15) is 0 Å². The van der Waals surface area contributed by atoms with Crippen LogP contribution in [0.3, 0.4) is 0 Å². The monoisotopic (exact) mass is 207 g/mol. The second-order valence-corrected chi connectivity index (χ2v) is 3.03. The van der Waals surface area contributed by atoms with Crippen molar-refractivity contribution in [2.75, 3.05) is 5.73 Å². The van der Waals surface area contributed by atoms with E-state index in [2.05, 4.69) is 15.0 Å². The van der Waals surface area contributed by atoms with Crippen molar-refractivity contribution in [1.29, 1.82) is 0 Å². The number of nitrogen functional groups attached to an aromatic ring is 1. The molecule has 0 aliphatic rings. The van der Waals surface area contributed by atoms with Crippen LogP contribution in [-0.2, 0) is 6.54 Å². The summed E-state index contributed by atoms with van der Waals surface area (Å²) < 4.78 is 1.62. The van der Waals surface area contributed by atoms with Crippen LogP contribution in [0.15, 0.2) is 28.0 Å². The van der Waals surface area contributed by atoms with Gasteiger partial charge in [0.2, 0.25) is 0 Å². The molecule has 0 aliphatic heterocycles. The smallest absolute Gasteiger partial charge is 0.325 e.